The molecule has 1 aliphatic carbocycles. The van der Waals surface area contributed by atoms with Crippen LogP contribution in [0.5, 0.6) is 0 Å². The van der Waals surface area contributed by atoms with Gasteiger partial charge in [0.1, 0.15) is 17.4 Å². The van der Waals surface area contributed by atoms with E-state index in [-0.39, 0.29) is 11.9 Å². The molecule has 142 valence electrons. The molecule has 4 nitrogen and oxygen atoms in total. The SMILES string of the molecule is O=C(N[C@H]1CCCC(O)(C#Cc2cccc(Cl)c2)C1)c1coc2ccccc12. The highest BCUT2D eigenvalue weighted by atomic mass is 35.5. The molecule has 1 heterocycles. The highest BCUT2D eigenvalue weighted by Crippen LogP contribution is 2.29. The molecule has 1 unspecified atom stereocenters. The predicted octanol–water partition coefficient (Wildman–Crippen LogP) is 4.54. The molecule has 0 radical (unpaired) electrons. The van der Waals surface area contributed by atoms with Crippen molar-refractivity contribution in [2.24, 2.45) is 0 Å². The molecule has 4 rings (SSSR count). The molecular formula is C23H20ClNO3. The van der Waals surface area contributed by atoms with Crippen LogP contribution in [0.2, 0.25) is 5.02 Å². The van der Waals surface area contributed by atoms with E-state index in [1.54, 1.807) is 12.1 Å². The van der Waals surface area contributed by atoms with E-state index in [9.17, 15) is 9.90 Å². The van der Waals surface area contributed by atoms with E-state index < -0.39 is 5.60 Å². The number of carbonyl (C=O) groups excluding carboxylic acids is 1. The number of nitrogens with one attached hydrogen (secondary N) is 1. The fourth-order valence-corrected chi connectivity index (χ4v) is 3.85. The van der Waals surface area contributed by atoms with Crippen LogP contribution in [0.1, 0.15) is 41.6 Å². The molecule has 1 fully saturated rings. The molecule has 2 N–H and O–H groups in total. The van der Waals surface area contributed by atoms with Gasteiger partial charge in [0.05, 0.1) is 5.56 Å². The summed E-state index contributed by atoms with van der Waals surface area (Å²) in [5.74, 6) is 5.80. The maximum absolute atomic E-state index is 12.7. The Morgan fingerprint density at radius 2 is 2.11 bits per heavy atom. The Morgan fingerprint density at radius 1 is 1.25 bits per heavy atom. The number of halogens is 1. The molecule has 3 aromatic rings. The summed E-state index contributed by atoms with van der Waals surface area (Å²) in [6.07, 6.45) is 4.05. The summed E-state index contributed by atoms with van der Waals surface area (Å²) in [7, 11) is 0. The fourth-order valence-electron chi connectivity index (χ4n) is 3.66. The van der Waals surface area contributed by atoms with Gasteiger partial charge in [-0.05, 0) is 43.5 Å². The molecular weight excluding hydrogens is 374 g/mol. The van der Waals surface area contributed by atoms with Crippen molar-refractivity contribution >= 4 is 28.5 Å². The number of aliphatic hydroxyl groups is 1. The van der Waals surface area contributed by atoms with Crippen molar-refractivity contribution in [3.05, 3.63) is 70.9 Å². The van der Waals surface area contributed by atoms with Crippen LogP contribution in [-0.4, -0.2) is 22.7 Å². The summed E-state index contributed by atoms with van der Waals surface area (Å²) in [5.41, 5.74) is 0.823. The molecule has 1 aliphatic rings. The Labute approximate surface area is 168 Å². The third-order valence-electron chi connectivity index (χ3n) is 5.05. The first-order chi connectivity index (χ1) is 13.5. The second kappa shape index (κ2) is 7.71. The number of furan rings is 1. The standard InChI is InChI=1S/C23H20ClNO3/c24-17-6-3-5-16(13-17)10-12-23(27)11-4-7-18(14-23)25-22(26)20-15-28-21-9-2-1-8-19(20)21/h1-3,5-6,8-9,13,15,18,27H,4,7,11,14H2,(H,25,26)/t18-,23?/m0/s1. The lowest BCUT2D eigenvalue weighted by Crippen LogP contribution is -2.45. The van der Waals surface area contributed by atoms with Crippen LogP contribution in [0.15, 0.2) is 59.2 Å². The largest absolute Gasteiger partial charge is 0.463 e. The van der Waals surface area contributed by atoms with Crippen LogP contribution in [0.4, 0.5) is 0 Å². The number of rotatable bonds is 2. The minimum atomic E-state index is -1.13. The minimum Gasteiger partial charge on any atom is -0.463 e. The maximum atomic E-state index is 12.7. The van der Waals surface area contributed by atoms with Gasteiger partial charge in [-0.25, -0.2) is 0 Å². The molecule has 5 heteroatoms. The first-order valence-corrected chi connectivity index (χ1v) is 9.68. The number of carbonyl (C=O) groups is 1. The zero-order valence-electron chi connectivity index (χ0n) is 15.2. The summed E-state index contributed by atoms with van der Waals surface area (Å²) < 4.78 is 5.45. The molecule has 1 aromatic heterocycles. The van der Waals surface area contributed by atoms with Gasteiger partial charge in [0, 0.05) is 28.4 Å². The van der Waals surface area contributed by atoms with Gasteiger partial charge in [-0.2, -0.15) is 0 Å². The van der Waals surface area contributed by atoms with E-state index in [1.807, 2.05) is 36.4 Å². The molecule has 0 spiro atoms. The van der Waals surface area contributed by atoms with Gasteiger partial charge in [-0.3, -0.25) is 4.79 Å². The molecule has 0 saturated heterocycles. The summed E-state index contributed by atoms with van der Waals surface area (Å²) in [5, 5.41) is 15.3. The Balaban J connectivity index is 1.47. The summed E-state index contributed by atoms with van der Waals surface area (Å²) in [6.45, 7) is 0. The van der Waals surface area contributed by atoms with Crippen molar-refractivity contribution in [1.29, 1.82) is 0 Å². The van der Waals surface area contributed by atoms with Crippen LogP contribution < -0.4 is 5.32 Å². The summed E-state index contributed by atoms with van der Waals surface area (Å²) in [4.78, 5) is 12.7. The smallest absolute Gasteiger partial charge is 0.255 e. The van der Waals surface area contributed by atoms with Crippen molar-refractivity contribution in [1.82, 2.24) is 5.32 Å². The average Bonchev–Trinajstić information content (AvgIpc) is 3.11. The molecule has 0 bridgehead atoms. The average molecular weight is 394 g/mol. The zero-order valence-corrected chi connectivity index (χ0v) is 16.0. The van der Waals surface area contributed by atoms with Gasteiger partial charge in [0.15, 0.2) is 0 Å². The van der Waals surface area contributed by atoms with Gasteiger partial charge in [-0.1, -0.05) is 47.7 Å². The number of para-hydroxylation sites is 1. The van der Waals surface area contributed by atoms with Gasteiger partial charge < -0.3 is 14.8 Å². The lowest BCUT2D eigenvalue weighted by molar-refractivity contribution is 0.0452. The Kier molecular flexibility index (Phi) is 5.13. The van der Waals surface area contributed by atoms with Crippen LogP contribution in [-0.2, 0) is 0 Å². The lowest BCUT2D eigenvalue weighted by atomic mass is 9.82. The summed E-state index contributed by atoms with van der Waals surface area (Å²) >= 11 is 5.99. The first-order valence-electron chi connectivity index (χ1n) is 9.31. The van der Waals surface area contributed by atoms with Crippen molar-refractivity contribution in [3.8, 4) is 11.8 Å². The van der Waals surface area contributed by atoms with Crippen molar-refractivity contribution < 1.29 is 14.3 Å². The molecule has 2 atom stereocenters. The first kappa shape index (κ1) is 18.6. The molecule has 1 amide bonds. The van der Waals surface area contributed by atoms with E-state index in [0.717, 1.165) is 23.8 Å². The number of hydrogen-bond donors (Lipinski definition) is 2. The van der Waals surface area contributed by atoms with E-state index in [1.165, 1.54) is 6.26 Å². The predicted molar refractivity (Wildman–Crippen MR) is 109 cm³/mol. The Bertz CT molecular complexity index is 1080. The Hall–Kier alpha value is -2.74. The Morgan fingerprint density at radius 3 is 2.96 bits per heavy atom. The normalized spacial score (nSPS) is 21.7. The third kappa shape index (κ3) is 4.06. The lowest BCUT2D eigenvalue weighted by Gasteiger charge is -2.33. The fraction of sp³-hybridized carbons (Fsp3) is 0.261. The second-order valence-electron chi connectivity index (χ2n) is 7.20. The number of benzene rings is 2. The van der Waals surface area contributed by atoms with E-state index >= 15 is 0 Å². The molecule has 28 heavy (non-hydrogen) atoms. The van der Waals surface area contributed by atoms with Crippen molar-refractivity contribution in [3.63, 3.8) is 0 Å². The van der Waals surface area contributed by atoms with Crippen LogP contribution in [0.3, 0.4) is 0 Å². The van der Waals surface area contributed by atoms with Gasteiger partial charge in [0.2, 0.25) is 0 Å². The number of amides is 1. The molecule has 0 aliphatic heterocycles. The highest BCUT2D eigenvalue weighted by molar-refractivity contribution is 6.30. The third-order valence-corrected chi connectivity index (χ3v) is 5.29. The number of fused-ring (bicyclic) bond motifs is 1. The minimum absolute atomic E-state index is 0.145. The van der Waals surface area contributed by atoms with Gasteiger partial charge in [0.25, 0.3) is 5.91 Å². The number of hydrogen-bond acceptors (Lipinski definition) is 3. The van der Waals surface area contributed by atoms with Gasteiger partial charge >= 0.3 is 0 Å². The second-order valence-corrected chi connectivity index (χ2v) is 7.64. The van der Waals surface area contributed by atoms with Crippen molar-refractivity contribution in [2.45, 2.75) is 37.3 Å². The van der Waals surface area contributed by atoms with E-state index in [0.29, 0.717) is 29.0 Å². The molecule has 1 saturated carbocycles. The highest BCUT2D eigenvalue weighted by Gasteiger charge is 2.34. The quantitative estimate of drug-likeness (QED) is 0.628. The monoisotopic (exact) mass is 393 g/mol. The molecule has 2 aromatic carbocycles. The van der Waals surface area contributed by atoms with Crippen LogP contribution in [0, 0.1) is 11.8 Å². The maximum Gasteiger partial charge on any atom is 0.255 e. The summed E-state index contributed by atoms with van der Waals surface area (Å²) in [6, 6.07) is 14.5. The van der Waals surface area contributed by atoms with E-state index in [4.69, 9.17) is 16.0 Å². The van der Waals surface area contributed by atoms with E-state index in [2.05, 4.69) is 17.2 Å². The van der Waals surface area contributed by atoms with Crippen LogP contribution >= 0.6 is 11.6 Å². The van der Waals surface area contributed by atoms with Gasteiger partial charge in [-0.15, -0.1) is 0 Å². The zero-order chi connectivity index (χ0) is 19.6. The topological polar surface area (TPSA) is 62.5 Å². The van der Waals surface area contributed by atoms with Crippen LogP contribution in [0.25, 0.3) is 11.0 Å². The van der Waals surface area contributed by atoms with Crippen molar-refractivity contribution in [2.75, 3.05) is 0 Å².